The molecule has 1 heterocycles. The van der Waals surface area contributed by atoms with Gasteiger partial charge < -0.3 is 9.64 Å². The summed E-state index contributed by atoms with van der Waals surface area (Å²) < 4.78 is 5.25. The zero-order valence-corrected chi connectivity index (χ0v) is 16.3. The molecule has 2 aromatic carbocycles. The zero-order valence-electron chi connectivity index (χ0n) is 16.3. The lowest BCUT2D eigenvalue weighted by molar-refractivity contribution is -0.385. The van der Waals surface area contributed by atoms with Gasteiger partial charge in [0.25, 0.3) is 5.91 Å². The van der Waals surface area contributed by atoms with Crippen molar-refractivity contribution >= 4 is 23.0 Å². The minimum absolute atomic E-state index is 0.0432. The monoisotopic (exact) mass is 396 g/mol. The number of carbonyl (C=O) groups excluding carboxylic acids is 1. The fourth-order valence-electron chi connectivity index (χ4n) is 3.18. The van der Waals surface area contributed by atoms with Gasteiger partial charge >= 0.3 is 5.69 Å². The molecule has 0 saturated carbocycles. The van der Waals surface area contributed by atoms with Crippen molar-refractivity contribution in [3.05, 3.63) is 64.2 Å². The van der Waals surface area contributed by atoms with Crippen molar-refractivity contribution in [3.8, 4) is 5.75 Å². The first-order valence-corrected chi connectivity index (χ1v) is 9.59. The van der Waals surface area contributed by atoms with E-state index in [0.29, 0.717) is 5.71 Å². The third kappa shape index (κ3) is 5.54. The van der Waals surface area contributed by atoms with Gasteiger partial charge in [0, 0.05) is 24.8 Å². The number of carbonyl (C=O) groups is 1. The van der Waals surface area contributed by atoms with Crippen LogP contribution in [0.3, 0.4) is 0 Å². The number of ether oxygens (including phenoxy) is 1. The molecule has 8 nitrogen and oxygen atoms in total. The zero-order chi connectivity index (χ0) is 20.6. The molecule has 1 amide bonds. The third-order valence-electron chi connectivity index (χ3n) is 4.78. The number of benzene rings is 2. The maximum absolute atomic E-state index is 12.0. The number of piperidine rings is 1. The Bertz CT molecular complexity index is 890. The molecule has 0 aliphatic carbocycles. The lowest BCUT2D eigenvalue weighted by Crippen LogP contribution is -2.29. The molecular formula is C21H24N4O4. The van der Waals surface area contributed by atoms with Gasteiger partial charge in [-0.15, -0.1) is 0 Å². The maximum Gasteiger partial charge on any atom is 0.310 e. The van der Waals surface area contributed by atoms with Gasteiger partial charge in [-0.05, 0) is 49.9 Å². The van der Waals surface area contributed by atoms with Gasteiger partial charge in [-0.3, -0.25) is 14.9 Å². The molecule has 0 spiro atoms. The molecule has 0 aromatic heterocycles. The molecule has 0 radical (unpaired) electrons. The molecular weight excluding hydrogens is 372 g/mol. The highest BCUT2D eigenvalue weighted by Gasteiger charge is 2.15. The molecule has 1 aliphatic rings. The van der Waals surface area contributed by atoms with Crippen LogP contribution in [-0.4, -0.2) is 36.2 Å². The number of para-hydroxylation sites is 2. The van der Waals surface area contributed by atoms with E-state index in [1.807, 2.05) is 12.1 Å². The average molecular weight is 396 g/mol. The molecule has 0 atom stereocenters. The second kappa shape index (κ2) is 9.68. The molecule has 1 fully saturated rings. The number of anilines is 1. The van der Waals surface area contributed by atoms with Crippen LogP contribution in [0.4, 0.5) is 11.4 Å². The predicted molar refractivity (Wildman–Crippen MR) is 111 cm³/mol. The van der Waals surface area contributed by atoms with Gasteiger partial charge in [0.2, 0.25) is 0 Å². The fraction of sp³-hybridized carbons (Fsp3) is 0.333. The number of hydrogen-bond donors (Lipinski definition) is 1. The third-order valence-corrected chi connectivity index (χ3v) is 4.78. The summed E-state index contributed by atoms with van der Waals surface area (Å²) in [6, 6.07) is 14.0. The van der Waals surface area contributed by atoms with Gasteiger partial charge in [-0.1, -0.05) is 24.3 Å². The molecule has 8 heteroatoms. The number of hydrazone groups is 1. The van der Waals surface area contributed by atoms with E-state index in [0.717, 1.165) is 18.7 Å². The van der Waals surface area contributed by atoms with E-state index in [9.17, 15) is 14.9 Å². The summed E-state index contributed by atoms with van der Waals surface area (Å²) in [5.74, 6) is -0.450. The molecule has 2 aromatic rings. The highest BCUT2D eigenvalue weighted by molar-refractivity contribution is 5.99. The van der Waals surface area contributed by atoms with Crippen LogP contribution in [0.15, 0.2) is 53.6 Å². The number of nitrogens with one attached hydrogen (secondary N) is 1. The predicted octanol–water partition coefficient (Wildman–Crippen LogP) is 3.50. The Morgan fingerprint density at radius 3 is 2.52 bits per heavy atom. The summed E-state index contributed by atoms with van der Waals surface area (Å²) in [5, 5.41) is 15.1. The normalized spacial score (nSPS) is 14.4. The van der Waals surface area contributed by atoms with E-state index in [-0.39, 0.29) is 18.0 Å². The minimum Gasteiger partial charge on any atom is -0.477 e. The van der Waals surface area contributed by atoms with Gasteiger partial charge in [0.15, 0.2) is 12.4 Å². The van der Waals surface area contributed by atoms with Crippen LogP contribution in [0, 0.1) is 10.1 Å². The largest absolute Gasteiger partial charge is 0.477 e. The molecule has 1 N–H and O–H groups in total. The minimum atomic E-state index is -0.552. The van der Waals surface area contributed by atoms with Crippen molar-refractivity contribution in [3.63, 3.8) is 0 Å². The lowest BCUT2D eigenvalue weighted by Gasteiger charge is -2.28. The smallest absolute Gasteiger partial charge is 0.310 e. The van der Waals surface area contributed by atoms with Gasteiger partial charge in [0.1, 0.15) is 0 Å². The Kier molecular flexibility index (Phi) is 6.78. The second-order valence-corrected chi connectivity index (χ2v) is 6.84. The number of nitrogens with zero attached hydrogens (tertiary/aromatic N) is 3. The Hall–Kier alpha value is -3.42. The number of nitro groups is 1. The first-order valence-electron chi connectivity index (χ1n) is 9.59. The first kappa shape index (κ1) is 20.3. The molecule has 0 bridgehead atoms. The number of hydrogen-bond acceptors (Lipinski definition) is 6. The average Bonchev–Trinajstić information content (AvgIpc) is 2.77. The molecule has 3 rings (SSSR count). The Morgan fingerprint density at radius 1 is 1.14 bits per heavy atom. The van der Waals surface area contributed by atoms with E-state index >= 15 is 0 Å². The van der Waals surface area contributed by atoms with Crippen LogP contribution in [0.25, 0.3) is 0 Å². The lowest BCUT2D eigenvalue weighted by atomic mass is 10.1. The van der Waals surface area contributed by atoms with Crippen LogP contribution >= 0.6 is 0 Å². The Balaban J connectivity index is 1.54. The summed E-state index contributed by atoms with van der Waals surface area (Å²) in [7, 11) is 0. The van der Waals surface area contributed by atoms with Crippen LogP contribution in [0.1, 0.15) is 31.7 Å². The molecule has 1 saturated heterocycles. The van der Waals surface area contributed by atoms with Crippen molar-refractivity contribution in [2.45, 2.75) is 26.2 Å². The summed E-state index contributed by atoms with van der Waals surface area (Å²) in [6.07, 6.45) is 3.74. The summed E-state index contributed by atoms with van der Waals surface area (Å²) in [4.78, 5) is 24.8. The van der Waals surface area contributed by atoms with E-state index < -0.39 is 10.8 Å². The summed E-state index contributed by atoms with van der Waals surface area (Å²) in [6.45, 7) is 3.61. The SMILES string of the molecule is C/C(=N/NC(=O)COc1ccccc1[N+](=O)[O-])c1ccc(N2CCCCC2)cc1. The van der Waals surface area contributed by atoms with E-state index in [1.165, 1.54) is 43.1 Å². The number of nitro benzene ring substituents is 1. The van der Waals surface area contributed by atoms with Gasteiger partial charge in [-0.25, -0.2) is 5.43 Å². The van der Waals surface area contributed by atoms with E-state index in [2.05, 4.69) is 27.6 Å². The molecule has 1 aliphatic heterocycles. The Morgan fingerprint density at radius 2 is 1.83 bits per heavy atom. The number of rotatable bonds is 7. The second-order valence-electron chi connectivity index (χ2n) is 6.84. The van der Waals surface area contributed by atoms with Gasteiger partial charge in [-0.2, -0.15) is 5.10 Å². The van der Waals surface area contributed by atoms with E-state index in [4.69, 9.17) is 4.74 Å². The van der Waals surface area contributed by atoms with E-state index in [1.54, 1.807) is 13.0 Å². The van der Waals surface area contributed by atoms with Crippen molar-refractivity contribution < 1.29 is 14.5 Å². The maximum atomic E-state index is 12.0. The summed E-state index contributed by atoms with van der Waals surface area (Å²) >= 11 is 0. The van der Waals surface area contributed by atoms with Crippen LogP contribution in [0.5, 0.6) is 5.75 Å². The van der Waals surface area contributed by atoms with Crippen LogP contribution in [0.2, 0.25) is 0 Å². The number of amides is 1. The highest BCUT2D eigenvalue weighted by atomic mass is 16.6. The highest BCUT2D eigenvalue weighted by Crippen LogP contribution is 2.25. The Labute approximate surface area is 169 Å². The summed E-state index contributed by atoms with van der Waals surface area (Å²) in [5.41, 5.74) is 5.00. The standard InChI is InChI=1S/C21H24N4O4/c1-16(17-9-11-18(12-10-17)24-13-5-2-6-14-24)22-23-21(26)15-29-20-8-4-3-7-19(20)25(27)28/h3-4,7-12H,2,5-6,13-15H2,1H3,(H,23,26)/b22-16-. The van der Waals surface area contributed by atoms with Crippen LogP contribution in [-0.2, 0) is 4.79 Å². The first-order chi connectivity index (χ1) is 14.0. The van der Waals surface area contributed by atoms with Crippen molar-refractivity contribution in [2.75, 3.05) is 24.6 Å². The molecule has 0 unspecified atom stereocenters. The van der Waals surface area contributed by atoms with Crippen molar-refractivity contribution in [1.82, 2.24) is 5.43 Å². The van der Waals surface area contributed by atoms with Crippen molar-refractivity contribution in [2.24, 2.45) is 5.10 Å². The van der Waals surface area contributed by atoms with Gasteiger partial charge in [0.05, 0.1) is 10.6 Å². The van der Waals surface area contributed by atoms with Crippen molar-refractivity contribution in [1.29, 1.82) is 0 Å². The molecule has 152 valence electrons. The van der Waals surface area contributed by atoms with Crippen LogP contribution < -0.4 is 15.1 Å². The quantitative estimate of drug-likeness (QED) is 0.439. The topological polar surface area (TPSA) is 97.1 Å². The fourth-order valence-corrected chi connectivity index (χ4v) is 3.18. The molecule has 29 heavy (non-hydrogen) atoms.